The van der Waals surface area contributed by atoms with Crippen molar-refractivity contribution in [1.29, 1.82) is 0 Å². The van der Waals surface area contributed by atoms with Crippen LogP contribution in [0.3, 0.4) is 0 Å². The van der Waals surface area contributed by atoms with Crippen molar-refractivity contribution in [2.24, 2.45) is 0 Å². The monoisotopic (exact) mass is 275 g/mol. The highest BCUT2D eigenvalue weighted by atomic mass is 79.9. The molecule has 1 aromatic heterocycles. The SMILES string of the molecule is OC(Cc1ccc(Br)s1)[C@@H]1CCCN1. The first kappa shape index (κ1) is 10.6. The minimum Gasteiger partial charge on any atom is -0.391 e. The molecule has 2 rings (SSSR count). The summed E-state index contributed by atoms with van der Waals surface area (Å²) in [5.74, 6) is 0. The molecule has 1 saturated heterocycles. The Morgan fingerprint density at radius 3 is 3.07 bits per heavy atom. The van der Waals surface area contributed by atoms with E-state index in [1.165, 1.54) is 11.3 Å². The Labute approximate surface area is 96.5 Å². The molecule has 0 radical (unpaired) electrons. The summed E-state index contributed by atoms with van der Waals surface area (Å²) in [6.07, 6.45) is 2.83. The smallest absolute Gasteiger partial charge is 0.0741 e. The maximum Gasteiger partial charge on any atom is 0.0741 e. The molecule has 2 N–H and O–H groups in total. The molecule has 1 aliphatic heterocycles. The lowest BCUT2D eigenvalue weighted by atomic mass is 10.1. The topological polar surface area (TPSA) is 32.3 Å². The van der Waals surface area contributed by atoms with Crippen LogP contribution in [-0.2, 0) is 6.42 Å². The van der Waals surface area contributed by atoms with Crippen LogP contribution in [0.2, 0.25) is 0 Å². The Hall–Kier alpha value is 0.1000. The molecule has 1 unspecified atom stereocenters. The fourth-order valence-electron chi connectivity index (χ4n) is 1.85. The molecule has 2 atom stereocenters. The van der Waals surface area contributed by atoms with Crippen molar-refractivity contribution >= 4 is 27.3 Å². The van der Waals surface area contributed by atoms with Crippen LogP contribution in [0.1, 0.15) is 17.7 Å². The average Bonchev–Trinajstić information content (AvgIpc) is 2.75. The summed E-state index contributed by atoms with van der Waals surface area (Å²) in [7, 11) is 0. The molecule has 78 valence electrons. The second kappa shape index (κ2) is 4.75. The van der Waals surface area contributed by atoms with E-state index in [0.717, 1.165) is 23.2 Å². The van der Waals surface area contributed by atoms with Crippen molar-refractivity contribution in [2.75, 3.05) is 6.54 Å². The number of nitrogens with one attached hydrogen (secondary N) is 1. The first-order chi connectivity index (χ1) is 6.75. The van der Waals surface area contributed by atoms with Gasteiger partial charge in [0.1, 0.15) is 0 Å². The highest BCUT2D eigenvalue weighted by Gasteiger charge is 2.22. The highest BCUT2D eigenvalue weighted by molar-refractivity contribution is 9.11. The molecule has 1 fully saturated rings. The van der Waals surface area contributed by atoms with E-state index in [0.29, 0.717) is 6.04 Å². The fraction of sp³-hybridized carbons (Fsp3) is 0.600. The molecular weight excluding hydrogens is 262 g/mol. The van der Waals surface area contributed by atoms with E-state index in [9.17, 15) is 5.11 Å². The summed E-state index contributed by atoms with van der Waals surface area (Å²) in [5.41, 5.74) is 0. The average molecular weight is 276 g/mol. The molecule has 1 aliphatic rings. The van der Waals surface area contributed by atoms with Crippen LogP contribution >= 0.6 is 27.3 Å². The van der Waals surface area contributed by atoms with Gasteiger partial charge in [0.25, 0.3) is 0 Å². The van der Waals surface area contributed by atoms with Gasteiger partial charge >= 0.3 is 0 Å². The van der Waals surface area contributed by atoms with E-state index >= 15 is 0 Å². The van der Waals surface area contributed by atoms with Crippen molar-refractivity contribution < 1.29 is 5.11 Å². The molecule has 0 amide bonds. The van der Waals surface area contributed by atoms with E-state index in [2.05, 4.69) is 27.3 Å². The zero-order valence-electron chi connectivity index (χ0n) is 7.87. The fourth-order valence-corrected chi connectivity index (χ4v) is 3.38. The maximum atomic E-state index is 9.94. The van der Waals surface area contributed by atoms with E-state index in [-0.39, 0.29) is 6.10 Å². The zero-order valence-corrected chi connectivity index (χ0v) is 10.3. The van der Waals surface area contributed by atoms with Gasteiger partial charge in [-0.2, -0.15) is 0 Å². The molecule has 14 heavy (non-hydrogen) atoms. The Bertz CT molecular complexity index is 296. The lowest BCUT2D eigenvalue weighted by Gasteiger charge is -2.17. The predicted octanol–water partition coefficient (Wildman–Crippen LogP) is 2.17. The Morgan fingerprint density at radius 1 is 1.64 bits per heavy atom. The molecule has 1 aromatic rings. The van der Waals surface area contributed by atoms with Gasteiger partial charge in [-0.3, -0.25) is 0 Å². The molecule has 4 heteroatoms. The quantitative estimate of drug-likeness (QED) is 0.886. The molecule has 2 nitrogen and oxygen atoms in total. The maximum absolute atomic E-state index is 9.94. The Morgan fingerprint density at radius 2 is 2.50 bits per heavy atom. The summed E-state index contributed by atoms with van der Waals surface area (Å²) in [6, 6.07) is 4.41. The van der Waals surface area contributed by atoms with Gasteiger partial charge < -0.3 is 10.4 Å². The molecule has 0 aromatic carbocycles. The number of thiophene rings is 1. The van der Waals surface area contributed by atoms with Gasteiger partial charge in [0.15, 0.2) is 0 Å². The van der Waals surface area contributed by atoms with E-state index in [1.807, 2.05) is 6.07 Å². The minimum absolute atomic E-state index is 0.233. The van der Waals surface area contributed by atoms with Crippen LogP contribution in [0.15, 0.2) is 15.9 Å². The van der Waals surface area contributed by atoms with Gasteiger partial charge in [-0.1, -0.05) is 0 Å². The van der Waals surface area contributed by atoms with Gasteiger partial charge in [0.05, 0.1) is 9.89 Å². The van der Waals surface area contributed by atoms with Crippen molar-refractivity contribution in [3.05, 3.63) is 20.8 Å². The summed E-state index contributed by atoms with van der Waals surface area (Å²) < 4.78 is 1.14. The van der Waals surface area contributed by atoms with Gasteiger partial charge in [0.2, 0.25) is 0 Å². The third-order valence-electron chi connectivity index (χ3n) is 2.60. The van der Waals surface area contributed by atoms with Gasteiger partial charge in [0, 0.05) is 17.3 Å². The molecule has 0 bridgehead atoms. The number of hydrogen-bond acceptors (Lipinski definition) is 3. The Kier molecular flexibility index (Phi) is 3.60. The number of hydrogen-bond donors (Lipinski definition) is 2. The van der Waals surface area contributed by atoms with Gasteiger partial charge in [-0.05, 0) is 47.4 Å². The van der Waals surface area contributed by atoms with Crippen LogP contribution in [0.25, 0.3) is 0 Å². The molecular formula is C10H14BrNOS. The summed E-state index contributed by atoms with van der Waals surface area (Å²) in [5, 5.41) is 13.3. The number of aliphatic hydroxyl groups is 1. The molecule has 2 heterocycles. The molecule has 0 saturated carbocycles. The highest BCUT2D eigenvalue weighted by Crippen LogP contribution is 2.24. The lowest BCUT2D eigenvalue weighted by molar-refractivity contribution is 0.137. The third-order valence-corrected chi connectivity index (χ3v) is 4.25. The summed E-state index contributed by atoms with van der Waals surface area (Å²) >= 11 is 5.13. The second-order valence-electron chi connectivity index (χ2n) is 3.68. The standard InChI is InChI=1S/C10H14BrNOS/c11-10-4-3-7(14-10)6-9(13)8-2-1-5-12-8/h3-4,8-9,12-13H,1-2,5-6H2/t8-,9?/m0/s1. The van der Waals surface area contributed by atoms with Gasteiger partial charge in [-0.15, -0.1) is 11.3 Å². The second-order valence-corrected chi connectivity index (χ2v) is 6.23. The van der Waals surface area contributed by atoms with Crippen LogP contribution in [0.5, 0.6) is 0 Å². The lowest BCUT2D eigenvalue weighted by Crippen LogP contribution is -2.35. The first-order valence-corrected chi connectivity index (χ1v) is 6.52. The van der Waals surface area contributed by atoms with Crippen molar-refractivity contribution in [3.63, 3.8) is 0 Å². The summed E-state index contributed by atoms with van der Waals surface area (Å²) in [4.78, 5) is 1.25. The predicted molar refractivity (Wildman–Crippen MR) is 62.8 cm³/mol. The van der Waals surface area contributed by atoms with Crippen molar-refractivity contribution in [2.45, 2.75) is 31.4 Å². The zero-order chi connectivity index (χ0) is 9.97. The van der Waals surface area contributed by atoms with E-state index in [1.54, 1.807) is 11.3 Å². The number of rotatable bonds is 3. The summed E-state index contributed by atoms with van der Waals surface area (Å²) in [6.45, 7) is 1.05. The minimum atomic E-state index is -0.233. The van der Waals surface area contributed by atoms with Crippen LogP contribution in [0, 0.1) is 0 Å². The van der Waals surface area contributed by atoms with Crippen LogP contribution < -0.4 is 5.32 Å². The molecule has 0 spiro atoms. The van der Waals surface area contributed by atoms with Crippen molar-refractivity contribution in [1.82, 2.24) is 5.32 Å². The number of halogens is 1. The normalized spacial score (nSPS) is 24.0. The van der Waals surface area contributed by atoms with E-state index in [4.69, 9.17) is 0 Å². The van der Waals surface area contributed by atoms with E-state index < -0.39 is 0 Å². The van der Waals surface area contributed by atoms with Crippen LogP contribution in [0.4, 0.5) is 0 Å². The third kappa shape index (κ3) is 2.57. The molecule has 0 aliphatic carbocycles. The van der Waals surface area contributed by atoms with Crippen LogP contribution in [-0.4, -0.2) is 23.8 Å². The first-order valence-electron chi connectivity index (χ1n) is 4.91. The Balaban J connectivity index is 1.90. The van der Waals surface area contributed by atoms with Gasteiger partial charge in [-0.25, -0.2) is 0 Å². The largest absolute Gasteiger partial charge is 0.391 e. The van der Waals surface area contributed by atoms with Crippen molar-refractivity contribution in [3.8, 4) is 0 Å². The number of aliphatic hydroxyl groups excluding tert-OH is 1.